The summed E-state index contributed by atoms with van der Waals surface area (Å²) in [5.74, 6) is -0.998. The van der Waals surface area contributed by atoms with E-state index >= 15 is 0 Å². The summed E-state index contributed by atoms with van der Waals surface area (Å²) in [7, 11) is 0. The van der Waals surface area contributed by atoms with Gasteiger partial charge >= 0.3 is 5.97 Å². The quantitative estimate of drug-likeness (QED) is 0.743. The topological polar surface area (TPSA) is 63.6 Å². The Bertz CT molecular complexity index is 773. The summed E-state index contributed by atoms with van der Waals surface area (Å²) in [6, 6.07) is 6.73. The zero-order valence-electron chi connectivity index (χ0n) is 12.5. The predicted octanol–water partition coefficient (Wildman–Crippen LogP) is 4.92. The third-order valence-corrected chi connectivity index (χ3v) is 5.80. The Hall–Kier alpha value is -1.56. The Morgan fingerprint density at radius 3 is 2.58 bits per heavy atom. The molecule has 1 heterocycles. The van der Waals surface area contributed by atoms with Crippen molar-refractivity contribution >= 4 is 46.3 Å². The minimum Gasteiger partial charge on any atom is -0.489 e. The number of benzene rings is 1. The van der Waals surface area contributed by atoms with Gasteiger partial charge in [0.2, 0.25) is 5.78 Å². The maximum absolute atomic E-state index is 12.4. The Morgan fingerprint density at radius 2 is 1.96 bits per heavy atom. The molecule has 1 aliphatic carbocycles. The number of ketones is 1. The summed E-state index contributed by atoms with van der Waals surface area (Å²) < 4.78 is 5.80. The van der Waals surface area contributed by atoms with Gasteiger partial charge in [-0.3, -0.25) is 9.59 Å². The molecule has 0 unspecified atom stereocenters. The van der Waals surface area contributed by atoms with Crippen LogP contribution >= 0.6 is 34.5 Å². The van der Waals surface area contributed by atoms with Gasteiger partial charge in [-0.15, -0.1) is 11.3 Å². The number of hydrogen-bond acceptors (Lipinski definition) is 4. The molecule has 2 aromatic rings. The monoisotopic (exact) mass is 384 g/mol. The van der Waals surface area contributed by atoms with Crippen LogP contribution in [-0.4, -0.2) is 23.0 Å². The highest BCUT2D eigenvalue weighted by atomic mass is 35.5. The van der Waals surface area contributed by atoms with Gasteiger partial charge in [0, 0.05) is 5.56 Å². The second-order valence-corrected chi connectivity index (χ2v) is 7.34. The third kappa shape index (κ3) is 3.43. The Balaban J connectivity index is 1.78. The highest BCUT2D eigenvalue weighted by Gasteiger charge is 2.31. The summed E-state index contributed by atoms with van der Waals surface area (Å²) in [5.41, 5.74) is 0.325. The molecular formula is C17H14Cl2O4S. The maximum Gasteiger partial charge on any atom is 0.306 e. The first-order valence-corrected chi connectivity index (χ1v) is 9.06. The minimum atomic E-state index is -0.804. The highest BCUT2D eigenvalue weighted by Crippen LogP contribution is 2.38. The van der Waals surface area contributed by atoms with E-state index in [4.69, 9.17) is 33.0 Å². The molecule has 0 amide bonds. The molecule has 1 saturated carbocycles. The van der Waals surface area contributed by atoms with E-state index in [2.05, 4.69) is 0 Å². The van der Waals surface area contributed by atoms with Crippen molar-refractivity contribution in [1.82, 2.24) is 0 Å². The van der Waals surface area contributed by atoms with Crippen LogP contribution in [0.3, 0.4) is 0 Å². The standard InChI is InChI=1S/C17H14Cl2O4S/c18-14-11(16(20)13-2-1-7-24-13)5-6-12(15(14)19)23-10-4-3-9(8-10)17(21)22/h1-2,5-7,9-10H,3-4,8H2,(H,21,22)/t9-,10-/m1/s1. The lowest BCUT2D eigenvalue weighted by atomic mass is 10.1. The number of ether oxygens (including phenoxy) is 1. The van der Waals surface area contributed by atoms with Crippen molar-refractivity contribution in [2.75, 3.05) is 0 Å². The Kier molecular flexibility index (Phi) is 5.13. The summed E-state index contributed by atoms with van der Waals surface area (Å²) in [6.07, 6.45) is 1.47. The summed E-state index contributed by atoms with van der Waals surface area (Å²) in [4.78, 5) is 24.0. The third-order valence-electron chi connectivity index (χ3n) is 4.06. The molecule has 1 aromatic heterocycles. The van der Waals surface area contributed by atoms with Gasteiger partial charge in [0.05, 0.1) is 21.9 Å². The fourth-order valence-corrected chi connectivity index (χ4v) is 3.92. The SMILES string of the molecule is O=C(c1cccs1)c1ccc(O[C@@H]2CC[C@@H](C(=O)O)C2)c(Cl)c1Cl. The summed E-state index contributed by atoms with van der Waals surface area (Å²) >= 11 is 13.8. The molecular weight excluding hydrogens is 371 g/mol. The number of rotatable bonds is 5. The number of hydrogen-bond donors (Lipinski definition) is 1. The number of aliphatic carboxylic acids is 1. The van der Waals surface area contributed by atoms with Crippen molar-refractivity contribution in [3.8, 4) is 5.75 Å². The van der Waals surface area contributed by atoms with E-state index in [1.807, 2.05) is 5.38 Å². The molecule has 1 aliphatic rings. The van der Waals surface area contributed by atoms with Crippen LogP contribution in [0.2, 0.25) is 10.0 Å². The van der Waals surface area contributed by atoms with Gasteiger partial charge in [-0.05, 0) is 42.8 Å². The smallest absolute Gasteiger partial charge is 0.306 e. The molecule has 1 aromatic carbocycles. The molecule has 0 bridgehead atoms. The molecule has 0 spiro atoms. The summed E-state index contributed by atoms with van der Waals surface area (Å²) in [6.45, 7) is 0. The maximum atomic E-state index is 12.4. The predicted molar refractivity (Wildman–Crippen MR) is 93.6 cm³/mol. The molecule has 1 fully saturated rings. The molecule has 126 valence electrons. The van der Waals surface area contributed by atoms with Crippen LogP contribution in [0.1, 0.15) is 34.5 Å². The first-order chi connectivity index (χ1) is 11.5. The van der Waals surface area contributed by atoms with E-state index in [9.17, 15) is 9.59 Å². The second-order valence-electron chi connectivity index (χ2n) is 5.63. The Morgan fingerprint density at radius 1 is 1.17 bits per heavy atom. The average Bonchev–Trinajstić information content (AvgIpc) is 3.23. The number of halogens is 2. The molecule has 0 aliphatic heterocycles. The van der Waals surface area contributed by atoms with Crippen molar-refractivity contribution in [3.63, 3.8) is 0 Å². The van der Waals surface area contributed by atoms with Gasteiger partial charge in [0.15, 0.2) is 0 Å². The molecule has 0 saturated heterocycles. The summed E-state index contributed by atoms with van der Waals surface area (Å²) in [5, 5.41) is 11.2. The van der Waals surface area contributed by atoms with Crippen molar-refractivity contribution in [1.29, 1.82) is 0 Å². The lowest BCUT2D eigenvalue weighted by Crippen LogP contribution is -2.16. The van der Waals surface area contributed by atoms with E-state index in [-0.39, 0.29) is 27.9 Å². The van der Waals surface area contributed by atoms with Gasteiger partial charge in [-0.2, -0.15) is 0 Å². The Labute approximate surface area is 153 Å². The molecule has 24 heavy (non-hydrogen) atoms. The molecule has 3 rings (SSSR count). The molecule has 2 atom stereocenters. The van der Waals surface area contributed by atoms with Gasteiger partial charge < -0.3 is 9.84 Å². The van der Waals surface area contributed by atoms with E-state index in [0.29, 0.717) is 35.5 Å². The van der Waals surface area contributed by atoms with Gasteiger partial charge in [0.25, 0.3) is 0 Å². The van der Waals surface area contributed by atoms with Crippen LogP contribution in [0.5, 0.6) is 5.75 Å². The van der Waals surface area contributed by atoms with Crippen LogP contribution in [0.4, 0.5) is 0 Å². The van der Waals surface area contributed by atoms with Gasteiger partial charge in [-0.1, -0.05) is 29.3 Å². The fourth-order valence-electron chi connectivity index (χ4n) is 2.79. The lowest BCUT2D eigenvalue weighted by Gasteiger charge is -2.16. The number of carboxylic acid groups (broad SMARTS) is 1. The number of carbonyl (C=O) groups is 2. The first-order valence-electron chi connectivity index (χ1n) is 7.43. The van der Waals surface area contributed by atoms with E-state index in [1.165, 1.54) is 11.3 Å². The number of carbonyl (C=O) groups excluding carboxylic acids is 1. The van der Waals surface area contributed by atoms with E-state index < -0.39 is 5.97 Å². The minimum absolute atomic E-state index is 0.153. The molecule has 0 radical (unpaired) electrons. The second kappa shape index (κ2) is 7.13. The van der Waals surface area contributed by atoms with Gasteiger partial charge in [-0.25, -0.2) is 0 Å². The number of carboxylic acids is 1. The highest BCUT2D eigenvalue weighted by molar-refractivity contribution is 7.12. The molecule has 4 nitrogen and oxygen atoms in total. The van der Waals surface area contributed by atoms with Crippen molar-refractivity contribution in [2.45, 2.75) is 25.4 Å². The van der Waals surface area contributed by atoms with Crippen LogP contribution in [0, 0.1) is 5.92 Å². The van der Waals surface area contributed by atoms with Crippen LogP contribution in [-0.2, 0) is 4.79 Å². The molecule has 1 N–H and O–H groups in total. The van der Waals surface area contributed by atoms with Crippen LogP contribution in [0.25, 0.3) is 0 Å². The lowest BCUT2D eigenvalue weighted by molar-refractivity contribution is -0.141. The zero-order chi connectivity index (χ0) is 17.3. The van der Waals surface area contributed by atoms with E-state index in [1.54, 1.807) is 24.3 Å². The van der Waals surface area contributed by atoms with Gasteiger partial charge in [0.1, 0.15) is 10.8 Å². The normalized spacial score (nSPS) is 20.1. The number of thiophene rings is 1. The average molecular weight is 385 g/mol. The van der Waals surface area contributed by atoms with Crippen molar-refractivity contribution < 1.29 is 19.4 Å². The zero-order valence-corrected chi connectivity index (χ0v) is 14.8. The first kappa shape index (κ1) is 17.3. The fraction of sp³-hybridized carbons (Fsp3) is 0.294. The van der Waals surface area contributed by atoms with Crippen molar-refractivity contribution in [3.05, 3.63) is 50.1 Å². The van der Waals surface area contributed by atoms with Crippen LogP contribution < -0.4 is 4.74 Å². The van der Waals surface area contributed by atoms with Crippen molar-refractivity contribution in [2.24, 2.45) is 5.92 Å². The molecule has 7 heteroatoms. The largest absolute Gasteiger partial charge is 0.489 e. The van der Waals surface area contributed by atoms with E-state index in [0.717, 1.165) is 0 Å². The van der Waals surface area contributed by atoms with Crippen LogP contribution in [0.15, 0.2) is 29.6 Å².